The fourth-order valence-corrected chi connectivity index (χ4v) is 1.99. The van der Waals surface area contributed by atoms with E-state index in [2.05, 4.69) is 5.32 Å². The van der Waals surface area contributed by atoms with Crippen LogP contribution in [0.2, 0.25) is 0 Å². The predicted molar refractivity (Wildman–Crippen MR) is 47.6 cm³/mol. The molecule has 68 valence electrons. The zero-order chi connectivity index (χ0) is 9.59. The molecule has 2 atom stereocenters. The first-order chi connectivity index (χ1) is 6.11. The summed E-state index contributed by atoms with van der Waals surface area (Å²) < 4.78 is 0. The van der Waals surface area contributed by atoms with Crippen molar-refractivity contribution in [1.29, 1.82) is 0 Å². The Morgan fingerprint density at radius 3 is 1.77 bits per heavy atom. The SMILES string of the molecule is CC1=CC=C(C)C2C(=O)NC(=O)C12. The Morgan fingerprint density at radius 2 is 1.38 bits per heavy atom. The van der Waals surface area contributed by atoms with Crippen molar-refractivity contribution in [1.82, 2.24) is 5.32 Å². The lowest BCUT2D eigenvalue weighted by molar-refractivity contribution is -0.125. The largest absolute Gasteiger partial charge is 0.295 e. The molecule has 3 heteroatoms. The van der Waals surface area contributed by atoms with Crippen LogP contribution < -0.4 is 5.32 Å². The molecule has 1 aliphatic carbocycles. The van der Waals surface area contributed by atoms with E-state index in [9.17, 15) is 9.59 Å². The summed E-state index contributed by atoms with van der Waals surface area (Å²) in [5, 5.41) is 2.36. The lowest BCUT2D eigenvalue weighted by atomic mass is 9.80. The molecule has 2 rings (SSSR count). The Kier molecular flexibility index (Phi) is 1.62. The lowest BCUT2D eigenvalue weighted by Gasteiger charge is -2.20. The van der Waals surface area contributed by atoms with Gasteiger partial charge in [-0.1, -0.05) is 23.3 Å². The van der Waals surface area contributed by atoms with Gasteiger partial charge >= 0.3 is 0 Å². The summed E-state index contributed by atoms with van der Waals surface area (Å²) >= 11 is 0. The van der Waals surface area contributed by atoms with Crippen LogP contribution in [0, 0.1) is 11.8 Å². The quantitative estimate of drug-likeness (QED) is 0.556. The molecule has 3 nitrogen and oxygen atoms in total. The van der Waals surface area contributed by atoms with Gasteiger partial charge in [0.25, 0.3) is 0 Å². The third-order valence-electron chi connectivity index (χ3n) is 2.73. The summed E-state index contributed by atoms with van der Waals surface area (Å²) in [5.41, 5.74) is 1.94. The highest BCUT2D eigenvalue weighted by Crippen LogP contribution is 2.34. The third kappa shape index (κ3) is 1.03. The third-order valence-corrected chi connectivity index (χ3v) is 2.73. The molecule has 0 radical (unpaired) electrons. The molecule has 1 N–H and O–H groups in total. The normalized spacial score (nSPS) is 32.2. The molecule has 0 spiro atoms. The first-order valence-electron chi connectivity index (χ1n) is 4.31. The summed E-state index contributed by atoms with van der Waals surface area (Å²) in [5.74, 6) is -0.817. The molecule has 2 amide bonds. The maximum atomic E-state index is 11.4. The summed E-state index contributed by atoms with van der Waals surface area (Å²) in [7, 11) is 0. The molecule has 2 unspecified atom stereocenters. The van der Waals surface area contributed by atoms with Gasteiger partial charge in [0.15, 0.2) is 0 Å². The minimum absolute atomic E-state index is 0.156. The van der Waals surface area contributed by atoms with Crippen molar-refractivity contribution in [2.75, 3.05) is 0 Å². The van der Waals surface area contributed by atoms with Gasteiger partial charge in [0.1, 0.15) is 0 Å². The summed E-state index contributed by atoms with van der Waals surface area (Å²) in [4.78, 5) is 22.7. The number of hydrogen-bond donors (Lipinski definition) is 1. The van der Waals surface area contributed by atoms with E-state index in [1.165, 1.54) is 0 Å². The maximum absolute atomic E-state index is 11.4. The second-order valence-corrected chi connectivity index (χ2v) is 3.63. The van der Waals surface area contributed by atoms with Gasteiger partial charge in [-0.3, -0.25) is 14.9 Å². The van der Waals surface area contributed by atoms with Crippen LogP contribution in [-0.2, 0) is 9.59 Å². The molecule has 0 aromatic carbocycles. The van der Waals surface area contributed by atoms with Gasteiger partial charge in [0.05, 0.1) is 11.8 Å². The van der Waals surface area contributed by atoms with Crippen LogP contribution in [0.4, 0.5) is 0 Å². The number of nitrogens with one attached hydrogen (secondary N) is 1. The topological polar surface area (TPSA) is 46.2 Å². The molecule has 1 fully saturated rings. The van der Waals surface area contributed by atoms with Gasteiger partial charge in [-0.05, 0) is 13.8 Å². The second kappa shape index (κ2) is 2.55. The number of carbonyl (C=O) groups is 2. The average molecular weight is 177 g/mol. The van der Waals surface area contributed by atoms with Crippen LogP contribution in [0.3, 0.4) is 0 Å². The highest BCUT2D eigenvalue weighted by molar-refractivity contribution is 6.08. The predicted octanol–water partition coefficient (Wildman–Crippen LogP) is 0.781. The molecule has 1 heterocycles. The maximum Gasteiger partial charge on any atom is 0.234 e. The molecule has 0 aromatic rings. The monoisotopic (exact) mass is 177 g/mol. The second-order valence-electron chi connectivity index (χ2n) is 3.63. The van der Waals surface area contributed by atoms with Gasteiger partial charge in [0.2, 0.25) is 11.8 Å². The van der Waals surface area contributed by atoms with Crippen molar-refractivity contribution < 1.29 is 9.59 Å². The van der Waals surface area contributed by atoms with Crippen molar-refractivity contribution in [2.45, 2.75) is 13.8 Å². The first kappa shape index (κ1) is 8.23. The number of rotatable bonds is 0. The fraction of sp³-hybridized carbons (Fsp3) is 0.400. The van der Waals surface area contributed by atoms with Gasteiger partial charge in [0, 0.05) is 0 Å². The van der Waals surface area contributed by atoms with Gasteiger partial charge < -0.3 is 0 Å². The van der Waals surface area contributed by atoms with Crippen LogP contribution in [0.5, 0.6) is 0 Å². The molecule has 0 aromatic heterocycles. The smallest absolute Gasteiger partial charge is 0.234 e. The highest BCUT2D eigenvalue weighted by atomic mass is 16.2. The molecule has 1 saturated heterocycles. The van der Waals surface area contributed by atoms with Gasteiger partial charge in [-0.15, -0.1) is 0 Å². The van der Waals surface area contributed by atoms with Crippen LogP contribution >= 0.6 is 0 Å². The number of imide groups is 1. The number of carbonyl (C=O) groups excluding carboxylic acids is 2. The zero-order valence-electron chi connectivity index (χ0n) is 7.63. The summed E-state index contributed by atoms with van der Waals surface area (Å²) in [6, 6.07) is 0. The van der Waals surface area contributed by atoms with Crippen LogP contribution in [0.15, 0.2) is 23.3 Å². The highest BCUT2D eigenvalue weighted by Gasteiger charge is 2.44. The van der Waals surface area contributed by atoms with E-state index in [0.717, 1.165) is 11.1 Å². The van der Waals surface area contributed by atoms with E-state index in [1.807, 2.05) is 26.0 Å². The van der Waals surface area contributed by atoms with E-state index in [0.29, 0.717) is 0 Å². The summed E-state index contributed by atoms with van der Waals surface area (Å²) in [6.07, 6.45) is 3.82. The Bertz CT molecular complexity index is 318. The van der Waals surface area contributed by atoms with Crippen LogP contribution in [-0.4, -0.2) is 11.8 Å². The first-order valence-corrected chi connectivity index (χ1v) is 4.31. The molecule has 2 aliphatic rings. The molecule has 0 saturated carbocycles. The zero-order valence-corrected chi connectivity index (χ0v) is 7.63. The van der Waals surface area contributed by atoms with Crippen molar-refractivity contribution in [2.24, 2.45) is 11.8 Å². The molecule has 1 aliphatic heterocycles. The minimum atomic E-state index is -0.252. The van der Waals surface area contributed by atoms with Crippen molar-refractivity contribution in [3.05, 3.63) is 23.3 Å². The van der Waals surface area contributed by atoms with Crippen molar-refractivity contribution in [3.63, 3.8) is 0 Å². The average Bonchev–Trinajstić information content (AvgIpc) is 2.36. The van der Waals surface area contributed by atoms with E-state index < -0.39 is 0 Å². The van der Waals surface area contributed by atoms with Gasteiger partial charge in [-0.25, -0.2) is 0 Å². The number of fused-ring (bicyclic) bond motifs is 1. The summed E-state index contributed by atoms with van der Waals surface area (Å²) in [6.45, 7) is 3.78. The van der Waals surface area contributed by atoms with Crippen LogP contribution in [0.25, 0.3) is 0 Å². The molecular weight excluding hydrogens is 166 g/mol. The van der Waals surface area contributed by atoms with Crippen LogP contribution in [0.1, 0.15) is 13.8 Å². The number of allylic oxidation sites excluding steroid dienone is 2. The fourth-order valence-electron chi connectivity index (χ4n) is 1.99. The van der Waals surface area contributed by atoms with E-state index in [4.69, 9.17) is 0 Å². The van der Waals surface area contributed by atoms with Gasteiger partial charge in [-0.2, -0.15) is 0 Å². The van der Waals surface area contributed by atoms with Crippen molar-refractivity contribution >= 4 is 11.8 Å². The Morgan fingerprint density at radius 1 is 1.00 bits per heavy atom. The molecule has 13 heavy (non-hydrogen) atoms. The molecular formula is C10H11NO2. The van der Waals surface area contributed by atoms with E-state index in [-0.39, 0.29) is 23.7 Å². The Hall–Kier alpha value is -1.38. The molecule has 0 bridgehead atoms. The van der Waals surface area contributed by atoms with E-state index in [1.54, 1.807) is 0 Å². The van der Waals surface area contributed by atoms with Crippen molar-refractivity contribution in [3.8, 4) is 0 Å². The lowest BCUT2D eigenvalue weighted by Crippen LogP contribution is -2.22. The number of hydrogen-bond acceptors (Lipinski definition) is 2. The Labute approximate surface area is 76.5 Å². The minimum Gasteiger partial charge on any atom is -0.295 e. The number of amides is 2. The Balaban J connectivity index is 2.47. The standard InChI is InChI=1S/C10H11NO2/c1-5-3-4-6(2)8-7(5)9(12)11-10(8)13/h3-4,7-8H,1-2H3,(H,11,12,13). The van der Waals surface area contributed by atoms with E-state index >= 15 is 0 Å².